The molecule has 0 aliphatic carbocycles. The molecule has 0 atom stereocenters. The smallest absolute Gasteiger partial charge is 0.225 e. The van der Waals surface area contributed by atoms with Gasteiger partial charge in [0.1, 0.15) is 0 Å². The van der Waals surface area contributed by atoms with Crippen LogP contribution in [-0.4, -0.2) is 38.6 Å². The SMILES string of the molecule is COc1cccc(CN)c1OCCC(=O)N(C)C. The van der Waals surface area contributed by atoms with E-state index in [2.05, 4.69) is 0 Å². The summed E-state index contributed by atoms with van der Waals surface area (Å²) in [5.74, 6) is 1.28. The van der Waals surface area contributed by atoms with E-state index in [-0.39, 0.29) is 5.91 Å². The van der Waals surface area contributed by atoms with Crippen molar-refractivity contribution in [2.45, 2.75) is 13.0 Å². The highest BCUT2D eigenvalue weighted by molar-refractivity contribution is 5.75. The fourth-order valence-electron chi connectivity index (χ4n) is 1.51. The van der Waals surface area contributed by atoms with Crippen LogP contribution in [0.2, 0.25) is 0 Å². The summed E-state index contributed by atoms with van der Waals surface area (Å²) >= 11 is 0. The van der Waals surface area contributed by atoms with Crippen molar-refractivity contribution in [3.8, 4) is 11.5 Å². The van der Waals surface area contributed by atoms with Crippen LogP contribution < -0.4 is 15.2 Å². The number of carbonyl (C=O) groups excluding carboxylic acids is 1. The number of rotatable bonds is 6. The third-order valence-electron chi connectivity index (χ3n) is 2.56. The van der Waals surface area contributed by atoms with Crippen LogP contribution >= 0.6 is 0 Å². The lowest BCUT2D eigenvalue weighted by Crippen LogP contribution is -2.23. The van der Waals surface area contributed by atoms with E-state index in [0.717, 1.165) is 5.56 Å². The molecule has 0 saturated heterocycles. The number of hydrogen-bond donors (Lipinski definition) is 1. The normalized spacial score (nSPS) is 10.0. The van der Waals surface area contributed by atoms with Crippen LogP contribution in [0, 0.1) is 0 Å². The number of methoxy groups -OCH3 is 1. The molecule has 0 saturated carbocycles. The summed E-state index contributed by atoms with van der Waals surface area (Å²) in [6.45, 7) is 0.679. The van der Waals surface area contributed by atoms with Gasteiger partial charge >= 0.3 is 0 Å². The molecule has 0 fully saturated rings. The number of ether oxygens (including phenoxy) is 2. The fourth-order valence-corrected chi connectivity index (χ4v) is 1.51. The van der Waals surface area contributed by atoms with Crippen molar-refractivity contribution in [2.24, 2.45) is 5.73 Å². The fraction of sp³-hybridized carbons (Fsp3) is 0.462. The molecule has 0 bridgehead atoms. The Morgan fingerprint density at radius 2 is 2.11 bits per heavy atom. The van der Waals surface area contributed by atoms with Crippen LogP contribution in [0.25, 0.3) is 0 Å². The Balaban J connectivity index is 2.68. The standard InChI is InChI=1S/C13H20N2O3/c1-15(2)12(16)7-8-18-13-10(9-14)5-4-6-11(13)17-3/h4-6H,7-9,14H2,1-3H3. The molecule has 5 nitrogen and oxygen atoms in total. The number of hydrogen-bond acceptors (Lipinski definition) is 4. The van der Waals surface area contributed by atoms with E-state index in [1.165, 1.54) is 4.90 Å². The number of nitrogens with two attached hydrogens (primary N) is 1. The van der Waals surface area contributed by atoms with Crippen molar-refractivity contribution in [3.05, 3.63) is 23.8 Å². The molecule has 0 aliphatic rings. The van der Waals surface area contributed by atoms with Crippen molar-refractivity contribution in [3.63, 3.8) is 0 Å². The summed E-state index contributed by atoms with van der Waals surface area (Å²) in [7, 11) is 5.01. The van der Waals surface area contributed by atoms with Gasteiger partial charge in [-0.15, -0.1) is 0 Å². The summed E-state index contributed by atoms with van der Waals surface area (Å²) in [4.78, 5) is 13.0. The van der Waals surface area contributed by atoms with Gasteiger partial charge in [-0.25, -0.2) is 0 Å². The third-order valence-corrected chi connectivity index (χ3v) is 2.56. The molecule has 18 heavy (non-hydrogen) atoms. The predicted molar refractivity (Wildman–Crippen MR) is 69.7 cm³/mol. The van der Waals surface area contributed by atoms with E-state index < -0.39 is 0 Å². The summed E-state index contributed by atoms with van der Waals surface area (Å²) < 4.78 is 10.8. The van der Waals surface area contributed by atoms with Gasteiger partial charge in [-0.3, -0.25) is 4.79 Å². The molecule has 0 aliphatic heterocycles. The van der Waals surface area contributed by atoms with Gasteiger partial charge in [0, 0.05) is 26.2 Å². The van der Waals surface area contributed by atoms with Gasteiger partial charge in [0.15, 0.2) is 11.5 Å². The maximum atomic E-state index is 11.4. The Kier molecular flexibility index (Phi) is 5.45. The second-order valence-electron chi connectivity index (χ2n) is 4.04. The van der Waals surface area contributed by atoms with Crippen LogP contribution in [0.3, 0.4) is 0 Å². The molecule has 1 aromatic rings. The summed E-state index contributed by atoms with van der Waals surface area (Å²) in [5, 5.41) is 0. The van der Waals surface area contributed by atoms with Crippen LogP contribution in [-0.2, 0) is 11.3 Å². The van der Waals surface area contributed by atoms with Gasteiger partial charge in [-0.1, -0.05) is 12.1 Å². The van der Waals surface area contributed by atoms with E-state index in [1.807, 2.05) is 18.2 Å². The van der Waals surface area contributed by atoms with Gasteiger partial charge in [0.2, 0.25) is 5.91 Å². The maximum absolute atomic E-state index is 11.4. The van der Waals surface area contributed by atoms with E-state index in [0.29, 0.717) is 31.1 Å². The molecular formula is C13H20N2O3. The average molecular weight is 252 g/mol. The molecule has 0 spiro atoms. The Bertz CT molecular complexity index is 383. The molecule has 100 valence electrons. The number of para-hydroxylation sites is 1. The lowest BCUT2D eigenvalue weighted by Gasteiger charge is -2.15. The highest BCUT2D eigenvalue weighted by Gasteiger charge is 2.10. The van der Waals surface area contributed by atoms with Crippen molar-refractivity contribution in [2.75, 3.05) is 27.8 Å². The van der Waals surface area contributed by atoms with Crippen molar-refractivity contribution in [1.82, 2.24) is 4.90 Å². The first-order valence-electron chi connectivity index (χ1n) is 5.79. The first-order chi connectivity index (χ1) is 8.60. The molecular weight excluding hydrogens is 232 g/mol. The zero-order valence-electron chi connectivity index (χ0n) is 11.1. The molecule has 1 aromatic carbocycles. The minimum Gasteiger partial charge on any atom is -0.493 e. The van der Waals surface area contributed by atoms with Crippen molar-refractivity contribution < 1.29 is 14.3 Å². The molecule has 2 N–H and O–H groups in total. The van der Waals surface area contributed by atoms with Crippen LogP contribution in [0.4, 0.5) is 0 Å². The zero-order chi connectivity index (χ0) is 13.5. The Morgan fingerprint density at radius 1 is 1.39 bits per heavy atom. The first kappa shape index (κ1) is 14.3. The lowest BCUT2D eigenvalue weighted by molar-refractivity contribution is -0.129. The minimum absolute atomic E-state index is 0.0270. The zero-order valence-corrected chi connectivity index (χ0v) is 11.1. The van der Waals surface area contributed by atoms with Gasteiger partial charge in [0.05, 0.1) is 20.1 Å². The Labute approximate surface area is 107 Å². The number of amides is 1. The van der Waals surface area contributed by atoms with Crippen LogP contribution in [0.5, 0.6) is 11.5 Å². The topological polar surface area (TPSA) is 64.8 Å². The van der Waals surface area contributed by atoms with Crippen LogP contribution in [0.15, 0.2) is 18.2 Å². The number of nitrogens with zero attached hydrogens (tertiary/aromatic N) is 1. The Hall–Kier alpha value is -1.75. The maximum Gasteiger partial charge on any atom is 0.225 e. The molecule has 5 heteroatoms. The minimum atomic E-state index is 0.0270. The van der Waals surface area contributed by atoms with E-state index >= 15 is 0 Å². The Morgan fingerprint density at radius 3 is 2.67 bits per heavy atom. The van der Waals surface area contributed by atoms with Gasteiger partial charge in [-0.05, 0) is 6.07 Å². The molecule has 0 radical (unpaired) electrons. The number of benzene rings is 1. The monoisotopic (exact) mass is 252 g/mol. The van der Waals surface area contributed by atoms with Gasteiger partial charge in [0.25, 0.3) is 0 Å². The number of carbonyl (C=O) groups is 1. The van der Waals surface area contributed by atoms with Gasteiger partial charge in [-0.2, -0.15) is 0 Å². The van der Waals surface area contributed by atoms with E-state index in [4.69, 9.17) is 15.2 Å². The van der Waals surface area contributed by atoms with Crippen molar-refractivity contribution >= 4 is 5.91 Å². The second-order valence-corrected chi connectivity index (χ2v) is 4.04. The quantitative estimate of drug-likeness (QED) is 0.820. The van der Waals surface area contributed by atoms with Gasteiger partial charge < -0.3 is 20.1 Å². The second kappa shape index (κ2) is 6.86. The summed E-state index contributed by atoms with van der Waals surface area (Å²) in [6, 6.07) is 5.55. The van der Waals surface area contributed by atoms with E-state index in [9.17, 15) is 4.79 Å². The molecule has 0 aromatic heterocycles. The predicted octanol–water partition coefficient (Wildman–Crippen LogP) is 1.01. The van der Waals surface area contributed by atoms with Crippen molar-refractivity contribution in [1.29, 1.82) is 0 Å². The first-order valence-corrected chi connectivity index (χ1v) is 5.79. The summed E-state index contributed by atoms with van der Waals surface area (Å²) in [6.07, 6.45) is 0.328. The highest BCUT2D eigenvalue weighted by Crippen LogP contribution is 2.30. The third kappa shape index (κ3) is 3.63. The van der Waals surface area contributed by atoms with E-state index in [1.54, 1.807) is 21.2 Å². The largest absolute Gasteiger partial charge is 0.493 e. The summed E-state index contributed by atoms with van der Waals surface area (Å²) in [5.41, 5.74) is 6.51. The average Bonchev–Trinajstić information content (AvgIpc) is 2.38. The molecule has 1 rings (SSSR count). The van der Waals surface area contributed by atoms with Crippen LogP contribution in [0.1, 0.15) is 12.0 Å². The molecule has 0 heterocycles. The highest BCUT2D eigenvalue weighted by atomic mass is 16.5. The molecule has 1 amide bonds. The lowest BCUT2D eigenvalue weighted by atomic mass is 10.2. The molecule has 0 unspecified atom stereocenters.